The van der Waals surface area contributed by atoms with E-state index in [2.05, 4.69) is 31.5 Å². The summed E-state index contributed by atoms with van der Waals surface area (Å²) in [5.41, 5.74) is 0.879. The Bertz CT molecular complexity index is 416. The molecular formula is C12H16BrN3O. The maximum atomic E-state index is 12.0. The lowest BCUT2D eigenvalue weighted by Gasteiger charge is -2.21. The molecule has 2 heterocycles. The van der Waals surface area contributed by atoms with Crippen molar-refractivity contribution < 1.29 is 4.79 Å². The smallest absolute Gasteiger partial charge is 0.229 e. The van der Waals surface area contributed by atoms with E-state index in [0.717, 1.165) is 36.1 Å². The van der Waals surface area contributed by atoms with E-state index in [1.54, 1.807) is 0 Å². The Morgan fingerprint density at radius 1 is 1.59 bits per heavy atom. The first-order valence-corrected chi connectivity index (χ1v) is 6.61. The highest BCUT2D eigenvalue weighted by atomic mass is 79.9. The summed E-state index contributed by atoms with van der Waals surface area (Å²) in [6.07, 6.45) is 2.01. The molecule has 0 spiro atoms. The van der Waals surface area contributed by atoms with Gasteiger partial charge in [-0.2, -0.15) is 0 Å². The normalized spacial score (nSPS) is 20.0. The molecule has 92 valence electrons. The third-order valence-corrected chi connectivity index (χ3v) is 3.78. The fourth-order valence-corrected chi connectivity index (χ4v) is 2.14. The second kappa shape index (κ2) is 5.60. The summed E-state index contributed by atoms with van der Waals surface area (Å²) in [5, 5.41) is 6.10. The molecule has 2 N–H and O–H groups in total. The summed E-state index contributed by atoms with van der Waals surface area (Å²) in [5.74, 6) is 0.752. The molecule has 0 aliphatic carbocycles. The van der Waals surface area contributed by atoms with Crippen LogP contribution in [0, 0.1) is 12.8 Å². The first-order chi connectivity index (χ1) is 8.16. The van der Waals surface area contributed by atoms with E-state index in [4.69, 9.17) is 0 Å². The van der Waals surface area contributed by atoms with Crippen LogP contribution in [0.1, 0.15) is 18.5 Å². The molecule has 1 unspecified atom stereocenters. The zero-order valence-electron chi connectivity index (χ0n) is 9.79. The van der Waals surface area contributed by atoms with Crippen LogP contribution < -0.4 is 10.6 Å². The highest BCUT2D eigenvalue weighted by Crippen LogP contribution is 2.17. The predicted octanol–water partition coefficient (Wildman–Crippen LogP) is 2.09. The van der Waals surface area contributed by atoms with E-state index in [0.29, 0.717) is 5.82 Å². The Hall–Kier alpha value is -0.940. The van der Waals surface area contributed by atoms with Gasteiger partial charge in [0, 0.05) is 11.0 Å². The second-order valence-electron chi connectivity index (χ2n) is 4.30. The van der Waals surface area contributed by atoms with E-state index in [9.17, 15) is 4.79 Å². The van der Waals surface area contributed by atoms with Crippen molar-refractivity contribution in [3.63, 3.8) is 0 Å². The van der Waals surface area contributed by atoms with Gasteiger partial charge in [0.15, 0.2) is 0 Å². The molecule has 5 heteroatoms. The molecule has 1 saturated heterocycles. The predicted molar refractivity (Wildman–Crippen MR) is 70.9 cm³/mol. The Labute approximate surface area is 109 Å². The number of hydrogen-bond donors (Lipinski definition) is 2. The van der Waals surface area contributed by atoms with Gasteiger partial charge in [0.05, 0.1) is 11.6 Å². The summed E-state index contributed by atoms with van der Waals surface area (Å²) in [7, 11) is 0. The number of carbonyl (C=O) groups excluding carboxylic acids is 1. The number of nitrogens with zero attached hydrogens (tertiary/aromatic N) is 1. The minimum atomic E-state index is 0.0615. The van der Waals surface area contributed by atoms with E-state index >= 15 is 0 Å². The third kappa shape index (κ3) is 3.26. The fourth-order valence-electron chi connectivity index (χ4n) is 1.92. The van der Waals surface area contributed by atoms with Crippen LogP contribution in [-0.2, 0) is 4.79 Å². The first-order valence-electron chi connectivity index (χ1n) is 5.81. The summed E-state index contributed by atoms with van der Waals surface area (Å²) in [6.45, 7) is 3.68. The molecule has 1 aromatic rings. The van der Waals surface area contributed by atoms with Crippen molar-refractivity contribution in [1.29, 1.82) is 0 Å². The molecule has 1 aliphatic heterocycles. The molecule has 1 aliphatic rings. The monoisotopic (exact) mass is 297 g/mol. The maximum absolute atomic E-state index is 12.0. The minimum Gasteiger partial charge on any atom is -0.316 e. The van der Waals surface area contributed by atoms with Gasteiger partial charge in [-0.15, -0.1) is 0 Å². The van der Waals surface area contributed by atoms with Crippen molar-refractivity contribution in [2.75, 3.05) is 18.4 Å². The van der Waals surface area contributed by atoms with Crippen LogP contribution in [-0.4, -0.2) is 24.0 Å². The molecule has 0 saturated carbocycles. The topological polar surface area (TPSA) is 54.0 Å². The number of halogens is 1. The van der Waals surface area contributed by atoms with Crippen molar-refractivity contribution in [3.05, 3.63) is 22.3 Å². The van der Waals surface area contributed by atoms with Crippen molar-refractivity contribution in [1.82, 2.24) is 10.3 Å². The standard InChI is InChI=1S/C12H16BrN3O/c1-8-10(13)4-5-11(15-8)16-12(17)9-3-2-6-14-7-9/h4-5,9,14H,2-3,6-7H2,1H3,(H,15,16,17). The molecule has 0 aromatic carbocycles. The van der Waals surface area contributed by atoms with Gasteiger partial charge in [-0.25, -0.2) is 4.98 Å². The highest BCUT2D eigenvalue weighted by molar-refractivity contribution is 9.10. The molecule has 0 bridgehead atoms. The lowest BCUT2D eigenvalue weighted by atomic mass is 9.99. The Morgan fingerprint density at radius 2 is 2.41 bits per heavy atom. The van der Waals surface area contributed by atoms with Crippen molar-refractivity contribution in [2.45, 2.75) is 19.8 Å². The van der Waals surface area contributed by atoms with Crippen molar-refractivity contribution >= 4 is 27.7 Å². The molecular weight excluding hydrogens is 282 g/mol. The number of aromatic nitrogens is 1. The third-order valence-electron chi connectivity index (χ3n) is 2.94. The molecule has 1 amide bonds. The minimum absolute atomic E-state index is 0.0615. The van der Waals surface area contributed by atoms with Crippen LogP contribution in [0.2, 0.25) is 0 Å². The molecule has 1 aromatic heterocycles. The average molecular weight is 298 g/mol. The number of piperidine rings is 1. The molecule has 0 radical (unpaired) electrons. The maximum Gasteiger partial charge on any atom is 0.229 e. The van der Waals surface area contributed by atoms with Gasteiger partial charge in [-0.05, 0) is 54.4 Å². The van der Waals surface area contributed by atoms with Crippen LogP contribution in [0.15, 0.2) is 16.6 Å². The zero-order valence-corrected chi connectivity index (χ0v) is 11.4. The quantitative estimate of drug-likeness (QED) is 0.879. The number of anilines is 1. The van der Waals surface area contributed by atoms with Gasteiger partial charge < -0.3 is 10.6 Å². The summed E-state index contributed by atoms with van der Waals surface area (Å²) in [6, 6.07) is 3.71. The van der Waals surface area contributed by atoms with Gasteiger partial charge in [-0.3, -0.25) is 4.79 Å². The molecule has 4 nitrogen and oxygen atoms in total. The molecule has 2 rings (SSSR count). The summed E-state index contributed by atoms with van der Waals surface area (Å²) in [4.78, 5) is 16.3. The van der Waals surface area contributed by atoms with E-state index in [1.807, 2.05) is 19.1 Å². The highest BCUT2D eigenvalue weighted by Gasteiger charge is 2.21. The Kier molecular flexibility index (Phi) is 4.12. The number of aryl methyl sites for hydroxylation is 1. The van der Waals surface area contributed by atoms with E-state index in [1.165, 1.54) is 0 Å². The van der Waals surface area contributed by atoms with Gasteiger partial charge in [0.2, 0.25) is 5.91 Å². The van der Waals surface area contributed by atoms with Crippen molar-refractivity contribution in [3.8, 4) is 0 Å². The lowest BCUT2D eigenvalue weighted by Crippen LogP contribution is -2.37. The van der Waals surface area contributed by atoms with Crippen LogP contribution in [0.5, 0.6) is 0 Å². The Morgan fingerprint density at radius 3 is 3.06 bits per heavy atom. The van der Waals surface area contributed by atoms with Crippen LogP contribution in [0.3, 0.4) is 0 Å². The molecule has 17 heavy (non-hydrogen) atoms. The Balaban J connectivity index is 1.99. The second-order valence-corrected chi connectivity index (χ2v) is 5.15. The summed E-state index contributed by atoms with van der Waals surface area (Å²) >= 11 is 3.39. The van der Waals surface area contributed by atoms with E-state index < -0.39 is 0 Å². The fraction of sp³-hybridized carbons (Fsp3) is 0.500. The van der Waals surface area contributed by atoms with Gasteiger partial charge >= 0.3 is 0 Å². The largest absolute Gasteiger partial charge is 0.316 e. The molecule has 1 atom stereocenters. The number of amides is 1. The van der Waals surface area contributed by atoms with E-state index in [-0.39, 0.29) is 11.8 Å². The average Bonchev–Trinajstić information content (AvgIpc) is 2.35. The van der Waals surface area contributed by atoms with Gasteiger partial charge in [0.1, 0.15) is 5.82 Å². The van der Waals surface area contributed by atoms with Gasteiger partial charge in [0.25, 0.3) is 0 Å². The molecule has 1 fully saturated rings. The lowest BCUT2D eigenvalue weighted by molar-refractivity contribution is -0.120. The zero-order chi connectivity index (χ0) is 12.3. The number of hydrogen-bond acceptors (Lipinski definition) is 3. The van der Waals surface area contributed by atoms with Crippen LogP contribution in [0.25, 0.3) is 0 Å². The van der Waals surface area contributed by atoms with Crippen LogP contribution >= 0.6 is 15.9 Å². The summed E-state index contributed by atoms with van der Waals surface area (Å²) < 4.78 is 0.954. The van der Waals surface area contributed by atoms with Gasteiger partial charge in [-0.1, -0.05) is 0 Å². The van der Waals surface area contributed by atoms with Crippen molar-refractivity contribution in [2.24, 2.45) is 5.92 Å². The SMILES string of the molecule is Cc1nc(NC(=O)C2CCCNC2)ccc1Br. The number of carbonyl (C=O) groups is 1. The van der Waals surface area contributed by atoms with Crippen LogP contribution in [0.4, 0.5) is 5.82 Å². The number of nitrogens with one attached hydrogen (secondary N) is 2. The first kappa shape index (κ1) is 12.5. The number of pyridine rings is 1. The number of rotatable bonds is 2.